The molecule has 0 atom stereocenters. The number of hydrogen-bond donors (Lipinski definition) is 3. The molecular weight excluding hydrogens is 452 g/mol. The maximum absolute atomic E-state index is 12.5. The van der Waals surface area contributed by atoms with Crippen LogP contribution in [0.15, 0.2) is 67.0 Å². The van der Waals surface area contributed by atoms with Gasteiger partial charge >= 0.3 is 0 Å². The lowest BCUT2D eigenvalue weighted by Crippen LogP contribution is -2.34. The number of amides is 1. The highest BCUT2D eigenvalue weighted by molar-refractivity contribution is 5.92. The minimum atomic E-state index is 0.0774. The molecule has 4 aromatic rings. The zero-order valence-corrected chi connectivity index (χ0v) is 20.1. The molecule has 1 aromatic carbocycles. The monoisotopic (exact) mass is 480 g/mol. The van der Waals surface area contributed by atoms with Gasteiger partial charge in [-0.2, -0.15) is 0 Å². The fourth-order valence-electron chi connectivity index (χ4n) is 4.12. The Bertz CT molecular complexity index is 1340. The van der Waals surface area contributed by atoms with E-state index in [-0.39, 0.29) is 11.8 Å². The largest absolute Gasteiger partial charge is 0.326 e. The van der Waals surface area contributed by atoms with Crippen LogP contribution in [0.1, 0.15) is 29.9 Å². The molecule has 0 aliphatic carbocycles. The normalized spacial score (nSPS) is 13.8. The summed E-state index contributed by atoms with van der Waals surface area (Å²) >= 11 is 0. The Morgan fingerprint density at radius 2 is 1.67 bits per heavy atom. The Hall–Kier alpha value is -4.24. The third-order valence-electron chi connectivity index (χ3n) is 6.03. The zero-order chi connectivity index (χ0) is 24.7. The van der Waals surface area contributed by atoms with Gasteiger partial charge in [-0.25, -0.2) is 24.9 Å². The number of piperidine rings is 1. The Balaban J connectivity index is 1.22. The van der Waals surface area contributed by atoms with Crippen molar-refractivity contribution in [1.82, 2.24) is 30.2 Å². The van der Waals surface area contributed by atoms with E-state index in [2.05, 4.69) is 40.9 Å². The summed E-state index contributed by atoms with van der Waals surface area (Å²) in [6, 6.07) is 17.2. The Kier molecular flexibility index (Phi) is 7.18. The number of aryl methyl sites for hydroxylation is 1. The lowest BCUT2D eigenvalue weighted by Gasteiger charge is -2.21. The van der Waals surface area contributed by atoms with Gasteiger partial charge in [-0.3, -0.25) is 4.79 Å². The number of carbonyl (C=O) groups is 1. The zero-order valence-electron chi connectivity index (χ0n) is 20.1. The second-order valence-electron chi connectivity index (χ2n) is 8.80. The van der Waals surface area contributed by atoms with Crippen LogP contribution in [0.4, 0.5) is 17.3 Å². The highest BCUT2D eigenvalue weighted by Gasteiger charge is 2.20. The first-order valence-electron chi connectivity index (χ1n) is 12.1. The van der Waals surface area contributed by atoms with Gasteiger partial charge in [-0.1, -0.05) is 18.2 Å². The summed E-state index contributed by atoms with van der Waals surface area (Å²) in [7, 11) is 0. The summed E-state index contributed by atoms with van der Waals surface area (Å²) in [4.78, 5) is 34.9. The standard InChI is InChI=1S/C27H28N8O/c1-18-3-2-4-22(31-18)26-30-16-12-24(35-26)33-23-11-15-29-25(34-23)17-19-5-7-21(8-6-19)32-27(36)20-9-13-28-14-10-20/h2-8,11-12,15-16,20,28H,9-10,13-14,17H2,1H3,(H,32,36)(H,29,30,33,34,35). The molecule has 3 aromatic heterocycles. The minimum Gasteiger partial charge on any atom is -0.326 e. The molecule has 0 radical (unpaired) electrons. The highest BCUT2D eigenvalue weighted by atomic mass is 16.1. The summed E-state index contributed by atoms with van der Waals surface area (Å²) < 4.78 is 0. The second kappa shape index (κ2) is 11.0. The number of carbonyl (C=O) groups excluding carboxylic acids is 1. The third-order valence-corrected chi connectivity index (χ3v) is 6.03. The van der Waals surface area contributed by atoms with Crippen molar-refractivity contribution < 1.29 is 4.79 Å². The average molecular weight is 481 g/mol. The molecule has 0 spiro atoms. The number of hydrogen-bond acceptors (Lipinski definition) is 8. The molecule has 9 heteroatoms. The first-order valence-corrected chi connectivity index (χ1v) is 12.1. The molecule has 1 amide bonds. The number of pyridine rings is 1. The number of nitrogens with zero attached hydrogens (tertiary/aromatic N) is 5. The van der Waals surface area contributed by atoms with E-state index in [4.69, 9.17) is 0 Å². The summed E-state index contributed by atoms with van der Waals surface area (Å²) in [6.07, 6.45) is 5.75. The van der Waals surface area contributed by atoms with Gasteiger partial charge in [0.1, 0.15) is 23.2 Å². The second-order valence-corrected chi connectivity index (χ2v) is 8.80. The molecule has 1 aliphatic heterocycles. The maximum Gasteiger partial charge on any atom is 0.227 e. The van der Waals surface area contributed by atoms with Crippen molar-refractivity contribution in [3.05, 3.63) is 84.1 Å². The fraction of sp³-hybridized carbons (Fsp3) is 0.259. The molecule has 3 N–H and O–H groups in total. The van der Waals surface area contributed by atoms with Gasteiger partial charge in [0.2, 0.25) is 5.91 Å². The molecule has 0 bridgehead atoms. The van der Waals surface area contributed by atoms with Crippen LogP contribution in [0.2, 0.25) is 0 Å². The third kappa shape index (κ3) is 6.05. The number of rotatable bonds is 7. The van der Waals surface area contributed by atoms with Gasteiger partial charge in [0.05, 0.1) is 0 Å². The van der Waals surface area contributed by atoms with Gasteiger partial charge in [0.25, 0.3) is 0 Å². The van der Waals surface area contributed by atoms with Crippen LogP contribution in [0, 0.1) is 12.8 Å². The van der Waals surface area contributed by atoms with Gasteiger partial charge in [-0.15, -0.1) is 0 Å². The van der Waals surface area contributed by atoms with E-state index in [0.717, 1.165) is 48.6 Å². The summed E-state index contributed by atoms with van der Waals surface area (Å²) in [5, 5.41) is 9.56. The number of aromatic nitrogens is 5. The predicted molar refractivity (Wildman–Crippen MR) is 139 cm³/mol. The van der Waals surface area contributed by atoms with Crippen molar-refractivity contribution in [3.8, 4) is 11.5 Å². The lowest BCUT2D eigenvalue weighted by atomic mass is 9.97. The topological polar surface area (TPSA) is 118 Å². The van der Waals surface area contributed by atoms with E-state index in [1.165, 1.54) is 0 Å². The van der Waals surface area contributed by atoms with Crippen molar-refractivity contribution in [2.45, 2.75) is 26.2 Å². The molecule has 9 nitrogen and oxygen atoms in total. The molecule has 36 heavy (non-hydrogen) atoms. The van der Waals surface area contributed by atoms with E-state index in [1.807, 2.05) is 49.4 Å². The van der Waals surface area contributed by atoms with E-state index >= 15 is 0 Å². The summed E-state index contributed by atoms with van der Waals surface area (Å²) in [5.41, 5.74) is 3.49. The number of nitrogens with one attached hydrogen (secondary N) is 3. The molecule has 1 saturated heterocycles. The molecule has 5 rings (SSSR count). The van der Waals surface area contributed by atoms with Gasteiger partial charge in [0.15, 0.2) is 5.82 Å². The molecule has 1 aliphatic rings. The smallest absolute Gasteiger partial charge is 0.227 e. The lowest BCUT2D eigenvalue weighted by molar-refractivity contribution is -0.120. The van der Waals surface area contributed by atoms with E-state index in [9.17, 15) is 4.79 Å². The van der Waals surface area contributed by atoms with Gasteiger partial charge in [0, 0.05) is 36.1 Å². The van der Waals surface area contributed by atoms with Gasteiger partial charge < -0.3 is 16.0 Å². The number of anilines is 3. The van der Waals surface area contributed by atoms with Crippen LogP contribution >= 0.6 is 0 Å². The maximum atomic E-state index is 12.5. The van der Waals surface area contributed by atoms with Gasteiger partial charge in [-0.05, 0) is 74.8 Å². The van der Waals surface area contributed by atoms with Crippen molar-refractivity contribution in [2.24, 2.45) is 5.92 Å². The molecule has 0 saturated carbocycles. The van der Waals surface area contributed by atoms with Crippen molar-refractivity contribution >= 4 is 23.2 Å². The predicted octanol–water partition coefficient (Wildman–Crippen LogP) is 3.91. The molecule has 182 valence electrons. The van der Waals surface area contributed by atoms with Crippen LogP contribution in [-0.4, -0.2) is 43.9 Å². The highest BCUT2D eigenvalue weighted by Crippen LogP contribution is 2.19. The van der Waals surface area contributed by atoms with Crippen molar-refractivity contribution in [1.29, 1.82) is 0 Å². The van der Waals surface area contributed by atoms with Crippen LogP contribution in [-0.2, 0) is 11.2 Å². The van der Waals surface area contributed by atoms with Crippen molar-refractivity contribution in [2.75, 3.05) is 23.7 Å². The number of benzene rings is 1. The Morgan fingerprint density at radius 1 is 0.917 bits per heavy atom. The minimum absolute atomic E-state index is 0.0774. The average Bonchev–Trinajstić information content (AvgIpc) is 2.91. The van der Waals surface area contributed by atoms with Crippen LogP contribution < -0.4 is 16.0 Å². The molecular formula is C27H28N8O. The first-order chi connectivity index (χ1) is 17.6. The SMILES string of the molecule is Cc1cccc(-c2nccc(Nc3ccnc(Cc4ccc(NC(=O)C5CCNCC5)cc4)n3)n2)n1. The van der Waals surface area contributed by atoms with Crippen LogP contribution in [0.5, 0.6) is 0 Å². The summed E-state index contributed by atoms with van der Waals surface area (Å²) in [6.45, 7) is 3.73. The molecule has 4 heterocycles. The fourth-order valence-corrected chi connectivity index (χ4v) is 4.12. The first kappa shape index (κ1) is 23.5. The van der Waals surface area contributed by atoms with E-state index in [0.29, 0.717) is 29.7 Å². The Morgan fingerprint density at radius 3 is 2.44 bits per heavy atom. The molecule has 0 unspecified atom stereocenters. The van der Waals surface area contributed by atoms with E-state index in [1.54, 1.807) is 24.5 Å². The quantitative estimate of drug-likeness (QED) is 0.364. The van der Waals surface area contributed by atoms with Crippen LogP contribution in [0.25, 0.3) is 11.5 Å². The molecule has 1 fully saturated rings. The van der Waals surface area contributed by atoms with E-state index < -0.39 is 0 Å². The summed E-state index contributed by atoms with van der Waals surface area (Å²) in [5.74, 6) is 2.67. The van der Waals surface area contributed by atoms with Crippen molar-refractivity contribution in [3.63, 3.8) is 0 Å². The van der Waals surface area contributed by atoms with Crippen LogP contribution in [0.3, 0.4) is 0 Å². The Labute approximate surface area is 209 Å².